The van der Waals surface area contributed by atoms with Crippen LogP contribution in [0.5, 0.6) is 0 Å². The van der Waals surface area contributed by atoms with Gasteiger partial charge in [0.1, 0.15) is 0 Å². The third kappa shape index (κ3) is 5.13. The first-order valence-electron chi connectivity index (χ1n) is 10.3. The number of allylic oxidation sites excluding steroid dienone is 4. The molecule has 0 N–H and O–H groups in total. The first-order chi connectivity index (χ1) is 12.5. The van der Waals surface area contributed by atoms with Crippen LogP contribution in [0.15, 0.2) is 41.6 Å². The summed E-state index contributed by atoms with van der Waals surface area (Å²) in [6.45, 7) is 17.9. The van der Waals surface area contributed by atoms with E-state index in [1.165, 1.54) is 17.0 Å². The number of hydrogen-bond donors (Lipinski definition) is 0. The normalized spacial score (nSPS) is 16.6. The minimum absolute atomic E-state index is 0. The summed E-state index contributed by atoms with van der Waals surface area (Å²) in [7, 11) is -4.17. The Labute approximate surface area is 217 Å². The molecule has 0 aromatic heterocycles. The van der Waals surface area contributed by atoms with Crippen LogP contribution in [0.4, 0.5) is 0 Å². The van der Waals surface area contributed by atoms with Crippen LogP contribution in [0.3, 0.4) is 0 Å². The van der Waals surface area contributed by atoms with Crippen LogP contribution in [0.1, 0.15) is 12.0 Å². The summed E-state index contributed by atoms with van der Waals surface area (Å²) in [5.41, 5.74) is 3.13. The molecule has 0 saturated carbocycles. The Kier molecular flexibility index (Phi) is 9.19. The molecule has 0 fully saturated rings. The smallest absolute Gasteiger partial charge is 1.00 e. The number of fused-ring (bicyclic) bond motifs is 3. The first kappa shape index (κ1) is 28.4. The summed E-state index contributed by atoms with van der Waals surface area (Å²) in [4.78, 5) is 0. The average molecular weight is 572 g/mol. The minimum atomic E-state index is -1.52. The quantitative estimate of drug-likeness (QED) is 0.336. The second-order valence-electron chi connectivity index (χ2n) is 10.4. The van der Waals surface area contributed by atoms with Crippen molar-refractivity contribution in [1.29, 1.82) is 0 Å². The zero-order chi connectivity index (χ0) is 19.6. The van der Waals surface area contributed by atoms with E-state index in [0.717, 1.165) is 13.0 Å². The van der Waals surface area contributed by atoms with E-state index in [2.05, 4.69) is 82.2 Å². The Balaban J connectivity index is 0.00000150. The SMILES string of the molecule is C[Si](C)(C)OCC[Si](C)(C)C1=C(c2cccc3[cH-]c4c(c23)[Si]4(C)C)CC=C1.[Cl-].[Cl-].[Zr+3]. The number of benzene rings is 1. The van der Waals surface area contributed by atoms with Crippen LogP contribution in [0.25, 0.3) is 16.3 Å². The van der Waals surface area contributed by atoms with Gasteiger partial charge in [-0.2, -0.15) is 10.4 Å². The maximum Gasteiger partial charge on any atom is 3.00 e. The van der Waals surface area contributed by atoms with Gasteiger partial charge in [-0.05, 0) is 37.7 Å². The Morgan fingerprint density at radius 2 is 1.73 bits per heavy atom. The van der Waals surface area contributed by atoms with Gasteiger partial charge in [0.2, 0.25) is 0 Å². The van der Waals surface area contributed by atoms with Gasteiger partial charge in [0, 0.05) is 14.7 Å². The molecule has 0 bridgehead atoms. The standard InChI is InChI=1S/C23H33OSi3.2ClH.Zr/c1-25(2,3)24-14-15-26(4,5)20-13-9-11-18(20)19-12-8-10-17-16-21-23(22(17)19)27(21,6)7;;;/h8-10,12-13,16H,11,14-15H2,1-7H3;2*1H;/q-1;;;+3/p-2. The van der Waals surface area contributed by atoms with Gasteiger partial charge in [-0.15, -0.1) is 29.0 Å². The monoisotopic (exact) mass is 569 g/mol. The van der Waals surface area contributed by atoms with E-state index in [1.807, 2.05) is 0 Å². The topological polar surface area (TPSA) is 9.23 Å². The molecule has 7 heteroatoms. The van der Waals surface area contributed by atoms with Gasteiger partial charge in [0.15, 0.2) is 8.32 Å². The van der Waals surface area contributed by atoms with Crippen molar-refractivity contribution in [2.45, 2.75) is 58.3 Å². The van der Waals surface area contributed by atoms with Crippen molar-refractivity contribution >= 4 is 51.2 Å². The Hall–Kier alpha value is 0.384. The second-order valence-corrected chi connectivity index (χ2v) is 24.0. The molecule has 1 heterocycles. The summed E-state index contributed by atoms with van der Waals surface area (Å²) in [6.07, 6.45) is 5.93. The Morgan fingerprint density at radius 1 is 1.07 bits per heavy atom. The molecule has 1 radical (unpaired) electrons. The van der Waals surface area contributed by atoms with Crippen LogP contribution >= 0.6 is 0 Å². The van der Waals surface area contributed by atoms with Gasteiger partial charge in [-0.3, -0.25) is 0 Å². The molecule has 0 atom stereocenters. The van der Waals surface area contributed by atoms with Crippen molar-refractivity contribution in [3.05, 3.63) is 47.2 Å². The van der Waals surface area contributed by atoms with Gasteiger partial charge in [0.05, 0.1) is 8.07 Å². The molecule has 0 unspecified atom stereocenters. The second kappa shape index (κ2) is 9.71. The van der Waals surface area contributed by atoms with E-state index in [-0.39, 0.29) is 51.0 Å². The number of hydrogen-bond acceptors (Lipinski definition) is 1. The van der Waals surface area contributed by atoms with Gasteiger partial charge in [-0.1, -0.05) is 55.2 Å². The van der Waals surface area contributed by atoms with E-state index in [9.17, 15) is 0 Å². The fourth-order valence-electron chi connectivity index (χ4n) is 4.72. The van der Waals surface area contributed by atoms with Gasteiger partial charge >= 0.3 is 26.2 Å². The summed E-state index contributed by atoms with van der Waals surface area (Å²) in [5.74, 6) is 0. The summed E-state index contributed by atoms with van der Waals surface area (Å²) >= 11 is 0. The van der Waals surface area contributed by atoms with Crippen LogP contribution in [0, 0.1) is 0 Å². The summed E-state index contributed by atoms with van der Waals surface area (Å²) in [6, 6.07) is 10.7. The summed E-state index contributed by atoms with van der Waals surface area (Å²) < 4.78 is 6.21. The first-order valence-corrected chi connectivity index (χ1v) is 19.9. The third-order valence-corrected chi connectivity index (χ3v) is 14.1. The zero-order valence-electron chi connectivity index (χ0n) is 19.2. The van der Waals surface area contributed by atoms with Crippen molar-refractivity contribution in [2.24, 2.45) is 0 Å². The van der Waals surface area contributed by atoms with Crippen LogP contribution in [-0.4, -0.2) is 31.1 Å². The molecule has 30 heavy (non-hydrogen) atoms. The molecule has 0 spiro atoms. The van der Waals surface area contributed by atoms with Crippen LogP contribution < -0.4 is 35.2 Å². The van der Waals surface area contributed by atoms with Crippen molar-refractivity contribution in [3.63, 3.8) is 0 Å². The maximum absolute atomic E-state index is 6.21. The summed E-state index contributed by atoms with van der Waals surface area (Å²) in [5, 5.41) is 8.13. The number of halogens is 2. The van der Waals surface area contributed by atoms with E-state index < -0.39 is 24.5 Å². The molecular weight excluding hydrogens is 539 g/mol. The van der Waals surface area contributed by atoms with Crippen molar-refractivity contribution in [2.75, 3.05) is 6.61 Å². The van der Waals surface area contributed by atoms with Crippen molar-refractivity contribution in [3.8, 4) is 0 Å². The zero-order valence-corrected chi connectivity index (χ0v) is 26.2. The minimum Gasteiger partial charge on any atom is -1.00 e. The molecule has 2 aliphatic rings. The molecule has 1 nitrogen and oxygen atoms in total. The molecule has 1 aliphatic carbocycles. The Bertz CT molecular complexity index is 984. The van der Waals surface area contributed by atoms with Gasteiger partial charge in [-0.25, -0.2) is 0 Å². The van der Waals surface area contributed by atoms with E-state index in [1.54, 1.807) is 26.5 Å². The van der Waals surface area contributed by atoms with Crippen LogP contribution in [-0.2, 0) is 30.6 Å². The molecule has 0 saturated heterocycles. The fourth-order valence-corrected chi connectivity index (χ4v) is 11.5. The molecule has 161 valence electrons. The molecule has 2 aromatic rings. The predicted molar refractivity (Wildman–Crippen MR) is 129 cm³/mol. The van der Waals surface area contributed by atoms with E-state index >= 15 is 0 Å². The Morgan fingerprint density at radius 3 is 2.37 bits per heavy atom. The van der Waals surface area contributed by atoms with E-state index in [4.69, 9.17) is 4.43 Å². The van der Waals surface area contributed by atoms with E-state index in [0.29, 0.717) is 0 Å². The molecule has 0 amide bonds. The van der Waals surface area contributed by atoms with Crippen molar-refractivity contribution < 1.29 is 55.4 Å². The van der Waals surface area contributed by atoms with Crippen molar-refractivity contribution in [1.82, 2.24) is 0 Å². The molecule has 4 rings (SSSR count). The molecular formula is C23H33Cl2OSi3Zr. The average Bonchev–Trinajstić information content (AvgIpc) is 2.99. The molecule has 2 aromatic carbocycles. The van der Waals surface area contributed by atoms with Crippen LogP contribution in [0.2, 0.25) is 51.9 Å². The third-order valence-electron chi connectivity index (χ3n) is 6.40. The predicted octanol–water partition coefficient (Wildman–Crippen LogP) is -0.487. The number of rotatable bonds is 6. The van der Waals surface area contributed by atoms with Gasteiger partial charge in [0.25, 0.3) is 0 Å². The van der Waals surface area contributed by atoms with Gasteiger partial charge < -0.3 is 29.2 Å². The largest absolute Gasteiger partial charge is 3.00 e. The molecule has 1 aliphatic heterocycles. The maximum atomic E-state index is 6.21. The fraction of sp³-hybridized carbons (Fsp3) is 0.435.